The molecule has 1 heteroatoms. The summed E-state index contributed by atoms with van der Waals surface area (Å²) in [6.45, 7) is 0. The molecular weight excluding hydrogens is 561 g/mol. The molecule has 0 amide bonds. The Kier molecular flexibility index (Phi) is 6.11. The molecule has 8 aromatic carbocycles. The summed E-state index contributed by atoms with van der Waals surface area (Å²) in [7, 11) is 0. The predicted molar refractivity (Wildman–Crippen MR) is 196 cm³/mol. The van der Waals surface area contributed by atoms with E-state index in [1.54, 1.807) is 0 Å². The molecule has 0 unspecified atom stereocenters. The third-order valence-electron chi connectivity index (χ3n) is 9.08. The number of hydrogen-bond donors (Lipinski definition) is 0. The Morgan fingerprint density at radius 2 is 0.778 bits per heavy atom. The lowest BCUT2D eigenvalue weighted by Gasteiger charge is -2.18. The molecule has 0 spiro atoms. The van der Waals surface area contributed by atoms with Crippen molar-refractivity contribution in [3.8, 4) is 44.5 Å². The van der Waals surface area contributed by atoms with Gasteiger partial charge in [0.05, 0.1) is 0 Å². The van der Waals surface area contributed by atoms with Crippen LogP contribution in [0.2, 0.25) is 0 Å². The van der Waals surface area contributed by atoms with Gasteiger partial charge in [-0.2, -0.15) is 0 Å². The molecule has 0 radical (unpaired) electrons. The summed E-state index contributed by atoms with van der Waals surface area (Å²) in [5, 5.41) is 7.81. The van der Waals surface area contributed by atoms with Gasteiger partial charge < -0.3 is 0 Å². The second kappa shape index (κ2) is 10.6. The van der Waals surface area contributed by atoms with Crippen LogP contribution in [0.25, 0.3) is 86.2 Å². The van der Waals surface area contributed by atoms with Gasteiger partial charge in [0.25, 0.3) is 0 Å². The Hall–Kier alpha value is -5.50. The van der Waals surface area contributed by atoms with Crippen molar-refractivity contribution in [3.05, 3.63) is 170 Å². The highest BCUT2D eigenvalue weighted by Crippen LogP contribution is 2.45. The van der Waals surface area contributed by atoms with Crippen molar-refractivity contribution in [3.63, 3.8) is 0 Å². The summed E-state index contributed by atoms with van der Waals surface area (Å²) in [6, 6.07) is 62.0. The highest BCUT2D eigenvalue weighted by Gasteiger charge is 2.17. The maximum Gasteiger partial charge on any atom is 0.0361 e. The molecule has 9 rings (SSSR count). The average molecular weight is 589 g/mol. The number of benzene rings is 8. The quantitative estimate of drug-likeness (QED) is 0.179. The number of rotatable bonds is 4. The molecule has 0 aliphatic carbocycles. The minimum Gasteiger partial charge on any atom is -0.135 e. The average Bonchev–Trinajstić information content (AvgIpc) is 3.49. The molecular formula is C44H28S. The first-order valence-electron chi connectivity index (χ1n) is 15.4. The Morgan fingerprint density at radius 1 is 0.289 bits per heavy atom. The van der Waals surface area contributed by atoms with E-state index in [0.29, 0.717) is 0 Å². The molecule has 0 N–H and O–H groups in total. The minimum absolute atomic E-state index is 1.23. The van der Waals surface area contributed by atoms with Crippen LogP contribution in [0.4, 0.5) is 0 Å². The van der Waals surface area contributed by atoms with Gasteiger partial charge in [0, 0.05) is 20.2 Å². The van der Waals surface area contributed by atoms with Crippen LogP contribution in [0.5, 0.6) is 0 Å². The van der Waals surface area contributed by atoms with Gasteiger partial charge in [0.15, 0.2) is 0 Å². The molecule has 0 aliphatic heterocycles. The summed E-state index contributed by atoms with van der Waals surface area (Å²) < 4.78 is 2.65. The summed E-state index contributed by atoms with van der Waals surface area (Å²) in [4.78, 5) is 0. The van der Waals surface area contributed by atoms with Gasteiger partial charge in [-0.25, -0.2) is 0 Å². The standard InChI is InChI=1S/C44H28S/c1-3-12-30(13-4-1)34-20-11-21-40-44(34)39-27-26-33(28-41(39)45-40)29-22-24-32(25-23-29)43-37-18-9-7-16-35(37)42(31-14-5-2-6-15-31)36-17-8-10-19-38(36)43/h1-28H. The zero-order valence-electron chi connectivity index (χ0n) is 24.6. The summed E-state index contributed by atoms with van der Waals surface area (Å²) in [5.74, 6) is 0. The lowest BCUT2D eigenvalue weighted by Crippen LogP contribution is -1.90. The highest BCUT2D eigenvalue weighted by molar-refractivity contribution is 7.26. The second-order valence-corrected chi connectivity index (χ2v) is 12.7. The smallest absolute Gasteiger partial charge is 0.0361 e. The van der Waals surface area contributed by atoms with Crippen LogP contribution in [0, 0.1) is 0 Å². The molecule has 1 aromatic heterocycles. The molecule has 0 atom stereocenters. The SMILES string of the molecule is c1ccc(-c2c3ccccc3c(-c3ccc(-c4ccc5c(c4)sc4cccc(-c6ccccc6)c45)cc3)c3ccccc23)cc1. The number of hydrogen-bond acceptors (Lipinski definition) is 1. The van der Waals surface area contributed by atoms with Crippen molar-refractivity contribution in [2.24, 2.45) is 0 Å². The highest BCUT2D eigenvalue weighted by atomic mass is 32.1. The first-order valence-corrected chi connectivity index (χ1v) is 16.3. The van der Waals surface area contributed by atoms with Gasteiger partial charge >= 0.3 is 0 Å². The maximum atomic E-state index is 2.36. The predicted octanol–water partition coefficient (Wildman–Crippen LogP) is 13.0. The van der Waals surface area contributed by atoms with E-state index in [1.807, 2.05) is 11.3 Å². The maximum absolute atomic E-state index is 2.36. The molecule has 0 saturated heterocycles. The zero-order valence-corrected chi connectivity index (χ0v) is 25.4. The molecule has 0 aliphatic rings. The van der Waals surface area contributed by atoms with Gasteiger partial charge in [0.1, 0.15) is 0 Å². The fourth-order valence-corrected chi connectivity index (χ4v) is 8.22. The van der Waals surface area contributed by atoms with E-state index in [-0.39, 0.29) is 0 Å². The lowest BCUT2D eigenvalue weighted by atomic mass is 9.86. The van der Waals surface area contributed by atoms with Crippen molar-refractivity contribution >= 4 is 53.1 Å². The third kappa shape index (κ3) is 4.28. The first-order chi connectivity index (χ1) is 22.3. The molecule has 0 saturated carbocycles. The van der Waals surface area contributed by atoms with Crippen LogP contribution in [-0.2, 0) is 0 Å². The first kappa shape index (κ1) is 25.9. The van der Waals surface area contributed by atoms with Crippen LogP contribution >= 0.6 is 11.3 Å². The van der Waals surface area contributed by atoms with Crippen molar-refractivity contribution in [1.29, 1.82) is 0 Å². The molecule has 0 fully saturated rings. The monoisotopic (exact) mass is 588 g/mol. The Bertz CT molecular complexity index is 2450. The largest absolute Gasteiger partial charge is 0.135 e. The fourth-order valence-electron chi connectivity index (χ4n) is 7.05. The van der Waals surface area contributed by atoms with Crippen LogP contribution in [0.1, 0.15) is 0 Å². The third-order valence-corrected chi connectivity index (χ3v) is 10.2. The topological polar surface area (TPSA) is 0 Å². The summed E-state index contributed by atoms with van der Waals surface area (Å²) >= 11 is 1.88. The van der Waals surface area contributed by atoms with Gasteiger partial charge in [-0.3, -0.25) is 0 Å². The van der Waals surface area contributed by atoms with E-state index >= 15 is 0 Å². The minimum atomic E-state index is 1.23. The van der Waals surface area contributed by atoms with Gasteiger partial charge in [-0.1, -0.05) is 158 Å². The van der Waals surface area contributed by atoms with Crippen molar-refractivity contribution in [2.75, 3.05) is 0 Å². The van der Waals surface area contributed by atoms with Crippen molar-refractivity contribution in [2.45, 2.75) is 0 Å². The Balaban J connectivity index is 1.17. The van der Waals surface area contributed by atoms with Crippen LogP contribution in [0.15, 0.2) is 170 Å². The Morgan fingerprint density at radius 3 is 1.38 bits per heavy atom. The Labute approximate surface area is 266 Å². The van der Waals surface area contributed by atoms with Crippen LogP contribution < -0.4 is 0 Å². The van der Waals surface area contributed by atoms with Crippen LogP contribution in [-0.4, -0.2) is 0 Å². The van der Waals surface area contributed by atoms with Gasteiger partial charge in [0.2, 0.25) is 0 Å². The zero-order chi connectivity index (χ0) is 29.7. The van der Waals surface area contributed by atoms with E-state index in [4.69, 9.17) is 0 Å². The van der Waals surface area contributed by atoms with E-state index in [9.17, 15) is 0 Å². The van der Waals surface area contributed by atoms with E-state index in [2.05, 4.69) is 170 Å². The number of thiophene rings is 1. The number of fused-ring (bicyclic) bond motifs is 5. The van der Waals surface area contributed by atoms with Gasteiger partial charge in [-0.05, 0) is 78.2 Å². The molecule has 0 nitrogen and oxygen atoms in total. The fraction of sp³-hybridized carbons (Fsp3) is 0. The molecule has 45 heavy (non-hydrogen) atoms. The summed E-state index contributed by atoms with van der Waals surface area (Å²) in [6.07, 6.45) is 0. The lowest BCUT2D eigenvalue weighted by molar-refractivity contribution is 1.63. The van der Waals surface area contributed by atoms with Crippen LogP contribution in [0.3, 0.4) is 0 Å². The normalized spacial score (nSPS) is 11.6. The second-order valence-electron chi connectivity index (χ2n) is 11.6. The van der Waals surface area contributed by atoms with Crippen molar-refractivity contribution in [1.82, 2.24) is 0 Å². The molecule has 9 aromatic rings. The van der Waals surface area contributed by atoms with E-state index < -0.39 is 0 Å². The van der Waals surface area contributed by atoms with Crippen molar-refractivity contribution < 1.29 is 0 Å². The van der Waals surface area contributed by atoms with E-state index in [0.717, 1.165) is 0 Å². The molecule has 210 valence electrons. The summed E-state index contributed by atoms with van der Waals surface area (Å²) in [5.41, 5.74) is 10.1. The van der Waals surface area contributed by atoms with E-state index in [1.165, 1.54) is 86.2 Å². The van der Waals surface area contributed by atoms with Gasteiger partial charge in [-0.15, -0.1) is 11.3 Å². The molecule has 0 bridgehead atoms. The molecule has 1 heterocycles.